The molecule has 0 aromatic heterocycles. The SMILES string of the molecule is CCNC(=NCCS(=O)C(C)(C)C)N1CCN(Cc2ccccc2)CC1.I. The zero-order valence-electron chi connectivity index (χ0n) is 17.1. The van der Waals surface area contributed by atoms with Crippen molar-refractivity contribution in [3.63, 3.8) is 0 Å². The van der Waals surface area contributed by atoms with Gasteiger partial charge in [0.1, 0.15) is 0 Å². The third-order valence-electron chi connectivity index (χ3n) is 4.48. The molecule has 1 aliphatic rings. The van der Waals surface area contributed by atoms with Crippen LogP contribution >= 0.6 is 24.0 Å². The van der Waals surface area contributed by atoms with E-state index < -0.39 is 10.8 Å². The minimum absolute atomic E-state index is 0. The average molecular weight is 506 g/mol. The Balaban J connectivity index is 0.00000364. The van der Waals surface area contributed by atoms with E-state index in [1.807, 2.05) is 20.8 Å². The summed E-state index contributed by atoms with van der Waals surface area (Å²) in [6, 6.07) is 10.6. The lowest BCUT2D eigenvalue weighted by molar-refractivity contribution is 0.172. The highest BCUT2D eigenvalue weighted by Crippen LogP contribution is 2.11. The lowest BCUT2D eigenvalue weighted by Crippen LogP contribution is -2.52. The van der Waals surface area contributed by atoms with Crippen molar-refractivity contribution in [3.8, 4) is 0 Å². The van der Waals surface area contributed by atoms with Crippen LogP contribution in [0.4, 0.5) is 0 Å². The second kappa shape index (κ2) is 12.0. The Bertz CT molecular complexity index is 596. The number of halogens is 1. The van der Waals surface area contributed by atoms with Gasteiger partial charge in [-0.1, -0.05) is 30.3 Å². The van der Waals surface area contributed by atoms with Crippen molar-refractivity contribution in [1.29, 1.82) is 0 Å². The van der Waals surface area contributed by atoms with E-state index in [0.29, 0.717) is 12.3 Å². The quantitative estimate of drug-likeness (QED) is 0.366. The van der Waals surface area contributed by atoms with Crippen molar-refractivity contribution >= 4 is 40.7 Å². The molecule has 1 atom stereocenters. The van der Waals surface area contributed by atoms with Crippen LogP contribution in [0.2, 0.25) is 0 Å². The maximum Gasteiger partial charge on any atom is 0.194 e. The highest BCUT2D eigenvalue weighted by Gasteiger charge is 2.21. The summed E-state index contributed by atoms with van der Waals surface area (Å²) < 4.78 is 12.0. The average Bonchev–Trinajstić information content (AvgIpc) is 2.62. The Labute approximate surface area is 184 Å². The Morgan fingerprint density at radius 1 is 1.15 bits per heavy atom. The van der Waals surface area contributed by atoms with Gasteiger partial charge in [-0.3, -0.25) is 14.1 Å². The van der Waals surface area contributed by atoms with Crippen LogP contribution < -0.4 is 5.32 Å². The van der Waals surface area contributed by atoms with E-state index in [1.165, 1.54) is 5.56 Å². The van der Waals surface area contributed by atoms with Crippen LogP contribution in [0.3, 0.4) is 0 Å². The molecule has 1 aliphatic heterocycles. The number of benzene rings is 1. The number of aliphatic imine (C=N–C) groups is 1. The molecule has 1 aromatic rings. The van der Waals surface area contributed by atoms with Gasteiger partial charge in [0.05, 0.1) is 6.54 Å². The number of guanidine groups is 1. The van der Waals surface area contributed by atoms with Crippen LogP contribution in [0.15, 0.2) is 35.3 Å². The molecule has 5 nitrogen and oxygen atoms in total. The van der Waals surface area contributed by atoms with Gasteiger partial charge in [0, 0.05) is 60.6 Å². The van der Waals surface area contributed by atoms with Crippen molar-refractivity contribution in [1.82, 2.24) is 15.1 Å². The molecular weight excluding hydrogens is 471 g/mol. The number of hydrogen-bond donors (Lipinski definition) is 1. The maximum atomic E-state index is 12.2. The minimum atomic E-state index is -0.853. The molecule has 0 bridgehead atoms. The second-order valence-corrected chi connectivity index (χ2v) is 9.97. The largest absolute Gasteiger partial charge is 0.357 e. The molecule has 0 aliphatic carbocycles. The molecule has 7 heteroatoms. The molecule has 154 valence electrons. The maximum absolute atomic E-state index is 12.2. The Kier molecular flexibility index (Phi) is 10.8. The monoisotopic (exact) mass is 506 g/mol. The smallest absolute Gasteiger partial charge is 0.194 e. The molecular formula is C20H35IN4OS. The van der Waals surface area contributed by atoms with Gasteiger partial charge in [0.25, 0.3) is 0 Å². The molecule has 0 amide bonds. The van der Waals surface area contributed by atoms with Gasteiger partial charge in [0.15, 0.2) is 5.96 Å². The molecule has 27 heavy (non-hydrogen) atoms. The van der Waals surface area contributed by atoms with Crippen molar-refractivity contribution in [2.45, 2.75) is 39.0 Å². The summed E-state index contributed by atoms with van der Waals surface area (Å²) in [5.74, 6) is 1.57. The molecule has 2 rings (SSSR count). The lowest BCUT2D eigenvalue weighted by Gasteiger charge is -2.36. The molecule has 1 heterocycles. The van der Waals surface area contributed by atoms with E-state index in [2.05, 4.69) is 52.4 Å². The van der Waals surface area contributed by atoms with Crippen LogP contribution in [0, 0.1) is 0 Å². The van der Waals surface area contributed by atoms with Gasteiger partial charge in [-0.2, -0.15) is 0 Å². The first-order valence-corrected chi connectivity index (χ1v) is 10.9. The third kappa shape index (κ3) is 8.48. The number of hydrogen-bond acceptors (Lipinski definition) is 3. The number of rotatable bonds is 6. The number of piperazine rings is 1. The minimum Gasteiger partial charge on any atom is -0.357 e. The van der Waals surface area contributed by atoms with Gasteiger partial charge in [-0.25, -0.2) is 0 Å². The Hall–Kier alpha value is -0.670. The molecule has 1 aromatic carbocycles. The van der Waals surface area contributed by atoms with E-state index in [4.69, 9.17) is 4.99 Å². The van der Waals surface area contributed by atoms with Gasteiger partial charge in [-0.15, -0.1) is 24.0 Å². The topological polar surface area (TPSA) is 47.9 Å². The van der Waals surface area contributed by atoms with E-state index in [0.717, 1.165) is 45.2 Å². The normalized spacial score (nSPS) is 17.3. The van der Waals surface area contributed by atoms with Crippen LogP contribution in [0.1, 0.15) is 33.3 Å². The van der Waals surface area contributed by atoms with Gasteiger partial charge < -0.3 is 10.2 Å². The highest BCUT2D eigenvalue weighted by molar-refractivity contribution is 14.0. The molecule has 1 N–H and O–H groups in total. The number of nitrogens with zero attached hydrogens (tertiary/aromatic N) is 3. The first-order chi connectivity index (χ1) is 12.4. The summed E-state index contributed by atoms with van der Waals surface area (Å²) in [4.78, 5) is 9.53. The summed E-state index contributed by atoms with van der Waals surface area (Å²) >= 11 is 0. The van der Waals surface area contributed by atoms with Crippen molar-refractivity contribution in [2.24, 2.45) is 4.99 Å². The Morgan fingerprint density at radius 3 is 2.33 bits per heavy atom. The van der Waals surface area contributed by atoms with Crippen LogP contribution in [-0.2, 0) is 17.3 Å². The van der Waals surface area contributed by atoms with Gasteiger partial charge >= 0.3 is 0 Å². The standard InChI is InChI=1S/C20H34N4OS.HI/c1-5-21-19(22-11-16-26(25)20(2,3)4)24-14-12-23(13-15-24)17-18-9-7-6-8-10-18;/h6-10H,5,11-17H2,1-4H3,(H,21,22);1H. The van der Waals surface area contributed by atoms with Crippen molar-refractivity contribution in [2.75, 3.05) is 45.0 Å². The fourth-order valence-corrected chi connectivity index (χ4v) is 3.80. The zero-order valence-corrected chi connectivity index (χ0v) is 20.3. The first-order valence-electron chi connectivity index (χ1n) is 9.58. The van der Waals surface area contributed by atoms with Crippen LogP contribution in [-0.4, -0.2) is 69.7 Å². The molecule has 1 saturated heterocycles. The summed E-state index contributed by atoms with van der Waals surface area (Å²) in [6.07, 6.45) is 0. The summed E-state index contributed by atoms with van der Waals surface area (Å²) in [7, 11) is -0.853. The van der Waals surface area contributed by atoms with Crippen LogP contribution in [0.25, 0.3) is 0 Å². The fourth-order valence-electron chi connectivity index (χ4n) is 2.93. The van der Waals surface area contributed by atoms with E-state index >= 15 is 0 Å². The second-order valence-electron chi connectivity index (χ2n) is 7.65. The zero-order chi connectivity index (χ0) is 19.0. The fraction of sp³-hybridized carbons (Fsp3) is 0.650. The molecule has 0 radical (unpaired) electrons. The first kappa shape index (κ1) is 24.4. The molecule has 0 spiro atoms. The van der Waals surface area contributed by atoms with Crippen molar-refractivity contribution in [3.05, 3.63) is 35.9 Å². The van der Waals surface area contributed by atoms with Crippen LogP contribution in [0.5, 0.6) is 0 Å². The summed E-state index contributed by atoms with van der Waals surface area (Å²) in [5.41, 5.74) is 1.37. The van der Waals surface area contributed by atoms with Gasteiger partial charge in [-0.05, 0) is 33.3 Å². The lowest BCUT2D eigenvalue weighted by atomic mass is 10.2. The molecule has 1 unspecified atom stereocenters. The molecule has 0 saturated carbocycles. The third-order valence-corrected chi connectivity index (χ3v) is 6.40. The van der Waals surface area contributed by atoms with Crippen molar-refractivity contribution < 1.29 is 4.21 Å². The summed E-state index contributed by atoms with van der Waals surface area (Å²) in [6.45, 7) is 14.6. The predicted octanol–water partition coefficient (Wildman–Crippen LogP) is 2.93. The Morgan fingerprint density at radius 2 is 1.78 bits per heavy atom. The van der Waals surface area contributed by atoms with E-state index in [1.54, 1.807) is 0 Å². The highest BCUT2D eigenvalue weighted by atomic mass is 127. The predicted molar refractivity (Wildman–Crippen MR) is 127 cm³/mol. The summed E-state index contributed by atoms with van der Waals surface area (Å²) in [5, 5.41) is 3.39. The van der Waals surface area contributed by atoms with Gasteiger partial charge in [0.2, 0.25) is 0 Å². The molecule has 1 fully saturated rings. The van der Waals surface area contributed by atoms with E-state index in [-0.39, 0.29) is 28.7 Å². The van der Waals surface area contributed by atoms with E-state index in [9.17, 15) is 4.21 Å². The number of nitrogens with one attached hydrogen (secondary N) is 1.